The molecule has 0 atom stereocenters. The zero-order valence-electron chi connectivity index (χ0n) is 9.27. The molecule has 0 bridgehead atoms. The van der Waals surface area contributed by atoms with E-state index in [2.05, 4.69) is 5.43 Å². The first kappa shape index (κ1) is 12.0. The van der Waals surface area contributed by atoms with Crippen LogP contribution in [-0.4, -0.2) is 29.4 Å². The Hall–Kier alpha value is -2.44. The number of imide groups is 1. The van der Waals surface area contributed by atoms with Gasteiger partial charge in [0.25, 0.3) is 0 Å². The predicted octanol–water partition coefficient (Wildman–Crippen LogP) is -0.0488. The molecule has 6 nitrogen and oxygen atoms in total. The monoisotopic (exact) mass is 251 g/mol. The largest absolute Gasteiger partial charge is 0.343 e. The van der Waals surface area contributed by atoms with Crippen LogP contribution >= 0.6 is 0 Å². The first-order valence-electron chi connectivity index (χ1n) is 5.20. The lowest BCUT2D eigenvalue weighted by Gasteiger charge is -2.14. The SMILES string of the molecule is O=C1CN(NC(=O)Cc2cccc(F)c2)C(=O)N1. The van der Waals surface area contributed by atoms with Crippen molar-refractivity contribution in [1.29, 1.82) is 0 Å². The van der Waals surface area contributed by atoms with Crippen molar-refractivity contribution < 1.29 is 18.8 Å². The molecule has 1 aromatic rings. The van der Waals surface area contributed by atoms with Gasteiger partial charge < -0.3 is 0 Å². The van der Waals surface area contributed by atoms with Crippen LogP contribution in [0, 0.1) is 5.82 Å². The van der Waals surface area contributed by atoms with E-state index in [4.69, 9.17) is 0 Å². The summed E-state index contributed by atoms with van der Waals surface area (Å²) in [6.07, 6.45) is -0.0737. The lowest BCUT2D eigenvalue weighted by molar-refractivity contribution is -0.124. The average molecular weight is 251 g/mol. The molecule has 0 unspecified atom stereocenters. The van der Waals surface area contributed by atoms with Gasteiger partial charge in [0.1, 0.15) is 12.4 Å². The summed E-state index contributed by atoms with van der Waals surface area (Å²) in [6, 6.07) is 4.91. The van der Waals surface area contributed by atoms with Gasteiger partial charge in [0.2, 0.25) is 11.8 Å². The first-order valence-corrected chi connectivity index (χ1v) is 5.20. The highest BCUT2D eigenvalue weighted by atomic mass is 19.1. The molecule has 1 fully saturated rings. The Morgan fingerprint density at radius 1 is 1.44 bits per heavy atom. The summed E-state index contributed by atoms with van der Waals surface area (Å²) in [7, 11) is 0. The fourth-order valence-electron chi connectivity index (χ4n) is 1.55. The highest BCUT2D eigenvalue weighted by Crippen LogP contribution is 2.04. The molecule has 1 aliphatic heterocycles. The molecule has 2 N–H and O–H groups in total. The van der Waals surface area contributed by atoms with Gasteiger partial charge >= 0.3 is 6.03 Å². The van der Waals surface area contributed by atoms with Crippen LogP contribution in [0.3, 0.4) is 0 Å². The third-order valence-corrected chi connectivity index (χ3v) is 2.31. The van der Waals surface area contributed by atoms with Crippen molar-refractivity contribution in [2.45, 2.75) is 6.42 Å². The number of halogens is 1. The van der Waals surface area contributed by atoms with Crippen LogP contribution in [0.25, 0.3) is 0 Å². The summed E-state index contributed by atoms with van der Waals surface area (Å²) in [6.45, 7) is -0.215. The second-order valence-electron chi connectivity index (χ2n) is 3.78. The maximum atomic E-state index is 12.9. The second-order valence-corrected chi connectivity index (χ2v) is 3.78. The molecule has 4 amide bonds. The highest BCUT2D eigenvalue weighted by molar-refractivity contribution is 6.02. The molecule has 7 heteroatoms. The standard InChI is InChI=1S/C11H10FN3O3/c12-8-3-1-2-7(4-8)5-9(16)14-15-6-10(17)13-11(15)18/h1-4H,5-6H2,(H,14,16)(H,13,17,18). The van der Waals surface area contributed by atoms with Crippen LogP contribution in [0.15, 0.2) is 24.3 Å². The van der Waals surface area contributed by atoms with Gasteiger partial charge in [0.05, 0.1) is 6.42 Å². The fraction of sp³-hybridized carbons (Fsp3) is 0.182. The van der Waals surface area contributed by atoms with Crippen LogP contribution in [0.4, 0.5) is 9.18 Å². The molecule has 18 heavy (non-hydrogen) atoms. The van der Waals surface area contributed by atoms with Gasteiger partial charge in [0.15, 0.2) is 0 Å². The minimum atomic E-state index is -0.674. The molecule has 1 heterocycles. The Kier molecular flexibility index (Phi) is 3.22. The third kappa shape index (κ3) is 2.82. The third-order valence-electron chi connectivity index (χ3n) is 2.31. The van der Waals surface area contributed by atoms with E-state index in [1.165, 1.54) is 18.2 Å². The number of hydrogen-bond acceptors (Lipinski definition) is 3. The lowest BCUT2D eigenvalue weighted by Crippen LogP contribution is -2.44. The number of carbonyl (C=O) groups is 3. The van der Waals surface area contributed by atoms with E-state index in [0.717, 1.165) is 5.01 Å². The zero-order valence-corrected chi connectivity index (χ0v) is 9.27. The van der Waals surface area contributed by atoms with Crippen LogP contribution < -0.4 is 10.7 Å². The van der Waals surface area contributed by atoms with Crippen LogP contribution in [-0.2, 0) is 16.0 Å². The van der Waals surface area contributed by atoms with E-state index >= 15 is 0 Å². The highest BCUT2D eigenvalue weighted by Gasteiger charge is 2.27. The van der Waals surface area contributed by atoms with Gasteiger partial charge in [-0.2, -0.15) is 0 Å². The summed E-state index contributed by atoms with van der Waals surface area (Å²) in [4.78, 5) is 33.6. The molecule has 0 aromatic heterocycles. The smallest absolute Gasteiger partial charge is 0.275 e. The van der Waals surface area contributed by atoms with Gasteiger partial charge in [0, 0.05) is 0 Å². The quantitative estimate of drug-likeness (QED) is 0.739. The van der Waals surface area contributed by atoms with Crippen LogP contribution in [0.5, 0.6) is 0 Å². The Morgan fingerprint density at radius 3 is 2.83 bits per heavy atom. The first-order chi connectivity index (χ1) is 8.54. The average Bonchev–Trinajstić information content (AvgIpc) is 2.57. The van der Waals surface area contributed by atoms with E-state index in [0.29, 0.717) is 5.56 Å². The van der Waals surface area contributed by atoms with Gasteiger partial charge in [-0.15, -0.1) is 0 Å². The number of benzene rings is 1. The predicted molar refractivity (Wildman–Crippen MR) is 58.5 cm³/mol. The van der Waals surface area contributed by atoms with Crippen molar-refractivity contribution in [3.63, 3.8) is 0 Å². The van der Waals surface area contributed by atoms with Crippen molar-refractivity contribution in [1.82, 2.24) is 15.8 Å². The zero-order chi connectivity index (χ0) is 13.1. The Labute approximate surface area is 102 Å². The van der Waals surface area contributed by atoms with Gasteiger partial charge in [-0.25, -0.2) is 14.2 Å². The molecule has 0 saturated carbocycles. The minimum Gasteiger partial charge on any atom is -0.275 e. The lowest BCUT2D eigenvalue weighted by atomic mass is 10.1. The van der Waals surface area contributed by atoms with Crippen molar-refractivity contribution in [3.05, 3.63) is 35.6 Å². The van der Waals surface area contributed by atoms with Gasteiger partial charge in [-0.3, -0.25) is 20.3 Å². The Bertz CT molecular complexity index is 518. The van der Waals surface area contributed by atoms with Gasteiger partial charge in [-0.1, -0.05) is 12.1 Å². The summed E-state index contributed by atoms with van der Waals surface area (Å²) in [5, 5.41) is 2.90. The van der Waals surface area contributed by atoms with Crippen molar-refractivity contribution >= 4 is 17.8 Å². The maximum Gasteiger partial charge on any atom is 0.343 e. The van der Waals surface area contributed by atoms with Crippen LogP contribution in [0.1, 0.15) is 5.56 Å². The number of hydrazine groups is 1. The number of hydrogen-bond donors (Lipinski definition) is 2. The second kappa shape index (κ2) is 4.82. The van der Waals surface area contributed by atoms with E-state index in [9.17, 15) is 18.8 Å². The summed E-state index contributed by atoms with van der Waals surface area (Å²) >= 11 is 0. The summed E-state index contributed by atoms with van der Waals surface area (Å²) < 4.78 is 12.9. The topological polar surface area (TPSA) is 78.5 Å². The van der Waals surface area contributed by atoms with Crippen molar-refractivity contribution in [2.24, 2.45) is 0 Å². The fourth-order valence-corrected chi connectivity index (χ4v) is 1.55. The van der Waals surface area contributed by atoms with E-state index in [1.807, 2.05) is 5.32 Å². The number of rotatable bonds is 3. The molecule has 94 valence electrons. The van der Waals surface area contributed by atoms with Crippen LogP contribution in [0.2, 0.25) is 0 Å². The molecule has 1 aromatic carbocycles. The molecule has 0 radical (unpaired) electrons. The van der Waals surface area contributed by atoms with E-state index < -0.39 is 23.7 Å². The number of amides is 4. The van der Waals surface area contributed by atoms with Crippen molar-refractivity contribution in [2.75, 3.05) is 6.54 Å². The number of carbonyl (C=O) groups excluding carboxylic acids is 3. The molecule has 1 saturated heterocycles. The van der Waals surface area contributed by atoms with E-state index in [-0.39, 0.29) is 13.0 Å². The molecule has 1 aliphatic rings. The number of nitrogens with one attached hydrogen (secondary N) is 2. The summed E-state index contributed by atoms with van der Waals surface area (Å²) in [5.74, 6) is -1.41. The molecular weight excluding hydrogens is 241 g/mol. The van der Waals surface area contributed by atoms with Gasteiger partial charge in [-0.05, 0) is 17.7 Å². The van der Waals surface area contributed by atoms with Crippen molar-refractivity contribution in [3.8, 4) is 0 Å². The molecule has 2 rings (SSSR count). The molecule has 0 aliphatic carbocycles. The Morgan fingerprint density at radius 2 is 2.22 bits per heavy atom. The summed E-state index contributed by atoms with van der Waals surface area (Å²) in [5.41, 5.74) is 2.75. The Balaban J connectivity index is 1.93. The normalized spacial score (nSPS) is 14.6. The van der Waals surface area contributed by atoms with E-state index in [1.54, 1.807) is 6.07 Å². The molecule has 0 spiro atoms. The number of nitrogens with zero attached hydrogens (tertiary/aromatic N) is 1. The number of urea groups is 1. The minimum absolute atomic E-state index is 0.0737. The molecular formula is C11H10FN3O3. The maximum absolute atomic E-state index is 12.9.